The molecule has 17 heavy (non-hydrogen) atoms. The molecule has 3 heteroatoms. The van der Waals surface area contributed by atoms with E-state index < -0.39 is 6.10 Å². The van der Waals surface area contributed by atoms with Crippen molar-refractivity contribution in [3.05, 3.63) is 29.3 Å². The molecule has 0 spiro atoms. The zero-order chi connectivity index (χ0) is 13.0. The summed E-state index contributed by atoms with van der Waals surface area (Å²) in [5.41, 5.74) is 3.03. The lowest BCUT2D eigenvalue weighted by Gasteiger charge is -2.14. The first kappa shape index (κ1) is 13.7. The van der Waals surface area contributed by atoms with Crippen LogP contribution >= 0.6 is 0 Å². The number of carbonyl (C=O) groups excluding carboxylic acids is 1. The maximum atomic E-state index is 11.7. The lowest BCUT2D eigenvalue weighted by atomic mass is 10.0. The molecule has 1 amide bonds. The fourth-order valence-electron chi connectivity index (χ4n) is 1.68. The monoisotopic (exact) mass is 235 g/mol. The molecule has 1 rings (SSSR count). The van der Waals surface area contributed by atoms with Crippen molar-refractivity contribution in [3.8, 4) is 0 Å². The van der Waals surface area contributed by atoms with Crippen LogP contribution in [-0.4, -0.2) is 17.1 Å². The Kier molecular flexibility index (Phi) is 4.70. The molecule has 1 unspecified atom stereocenters. The standard InChI is InChI=1S/C14H21NO2/c1-9(2)13(16)8-14(17)15-12-6-10(3)5-11(4)7-12/h5-7,9,13,16H,8H2,1-4H3,(H,15,17). The number of amides is 1. The van der Waals surface area contributed by atoms with Crippen LogP contribution in [0, 0.1) is 19.8 Å². The Hall–Kier alpha value is -1.35. The number of hydrogen-bond donors (Lipinski definition) is 2. The molecular formula is C14H21NO2. The Labute approximate surface area is 103 Å². The first-order chi connectivity index (χ1) is 7.88. The van der Waals surface area contributed by atoms with Gasteiger partial charge in [-0.1, -0.05) is 19.9 Å². The first-order valence-corrected chi connectivity index (χ1v) is 5.94. The summed E-state index contributed by atoms with van der Waals surface area (Å²) in [4.78, 5) is 11.7. The number of nitrogens with one attached hydrogen (secondary N) is 1. The van der Waals surface area contributed by atoms with Crippen molar-refractivity contribution in [3.63, 3.8) is 0 Å². The van der Waals surface area contributed by atoms with Gasteiger partial charge in [-0.15, -0.1) is 0 Å². The van der Waals surface area contributed by atoms with Crippen molar-refractivity contribution in [2.45, 2.75) is 40.2 Å². The molecule has 0 heterocycles. The predicted octanol–water partition coefficient (Wildman–Crippen LogP) is 2.65. The second-order valence-corrected chi connectivity index (χ2v) is 4.94. The van der Waals surface area contributed by atoms with Crippen LogP contribution in [0.1, 0.15) is 31.4 Å². The van der Waals surface area contributed by atoms with Crippen molar-refractivity contribution < 1.29 is 9.90 Å². The summed E-state index contributed by atoms with van der Waals surface area (Å²) in [5, 5.41) is 12.4. The fourth-order valence-corrected chi connectivity index (χ4v) is 1.68. The van der Waals surface area contributed by atoms with E-state index in [0.29, 0.717) is 0 Å². The predicted molar refractivity (Wildman–Crippen MR) is 70.0 cm³/mol. The van der Waals surface area contributed by atoms with Crippen LogP contribution in [-0.2, 0) is 4.79 Å². The number of carbonyl (C=O) groups is 1. The number of aryl methyl sites for hydroxylation is 2. The maximum Gasteiger partial charge on any atom is 0.226 e. The molecule has 1 aromatic carbocycles. The van der Waals surface area contributed by atoms with Crippen LogP contribution in [0.5, 0.6) is 0 Å². The van der Waals surface area contributed by atoms with Crippen LogP contribution in [0.3, 0.4) is 0 Å². The number of rotatable bonds is 4. The number of aliphatic hydroxyl groups is 1. The molecule has 0 bridgehead atoms. The second kappa shape index (κ2) is 5.82. The van der Waals surface area contributed by atoms with Gasteiger partial charge in [0, 0.05) is 5.69 Å². The lowest BCUT2D eigenvalue weighted by molar-refractivity contribution is -0.118. The van der Waals surface area contributed by atoms with Crippen molar-refractivity contribution in [1.29, 1.82) is 0 Å². The van der Waals surface area contributed by atoms with E-state index in [1.54, 1.807) is 0 Å². The van der Waals surface area contributed by atoms with E-state index in [-0.39, 0.29) is 18.2 Å². The molecule has 0 fully saturated rings. The van der Waals surface area contributed by atoms with Crippen molar-refractivity contribution in [2.24, 2.45) is 5.92 Å². The van der Waals surface area contributed by atoms with Gasteiger partial charge in [0.1, 0.15) is 0 Å². The van der Waals surface area contributed by atoms with E-state index in [9.17, 15) is 9.90 Å². The van der Waals surface area contributed by atoms with E-state index in [1.165, 1.54) is 0 Å². The second-order valence-electron chi connectivity index (χ2n) is 4.94. The Morgan fingerprint density at radius 1 is 1.24 bits per heavy atom. The van der Waals surface area contributed by atoms with E-state index in [4.69, 9.17) is 0 Å². The molecule has 0 radical (unpaired) electrons. The van der Waals surface area contributed by atoms with Gasteiger partial charge in [-0.3, -0.25) is 4.79 Å². The zero-order valence-electron chi connectivity index (χ0n) is 10.9. The summed E-state index contributed by atoms with van der Waals surface area (Å²) in [6, 6.07) is 5.90. The molecule has 0 saturated heterocycles. The average Bonchev–Trinajstić information content (AvgIpc) is 2.14. The lowest BCUT2D eigenvalue weighted by Crippen LogP contribution is -2.23. The topological polar surface area (TPSA) is 49.3 Å². The molecule has 2 N–H and O–H groups in total. The minimum atomic E-state index is -0.582. The maximum absolute atomic E-state index is 11.7. The van der Waals surface area contributed by atoms with E-state index in [0.717, 1.165) is 16.8 Å². The van der Waals surface area contributed by atoms with Crippen molar-refractivity contribution in [1.82, 2.24) is 0 Å². The smallest absolute Gasteiger partial charge is 0.226 e. The fraction of sp³-hybridized carbons (Fsp3) is 0.500. The van der Waals surface area contributed by atoms with Crippen molar-refractivity contribution >= 4 is 11.6 Å². The van der Waals surface area contributed by atoms with Gasteiger partial charge >= 0.3 is 0 Å². The third kappa shape index (κ3) is 4.57. The van der Waals surface area contributed by atoms with Crippen molar-refractivity contribution in [2.75, 3.05) is 5.32 Å². The highest BCUT2D eigenvalue weighted by atomic mass is 16.3. The third-order valence-electron chi connectivity index (χ3n) is 2.67. The van der Waals surface area contributed by atoms with Gasteiger partial charge < -0.3 is 10.4 Å². The van der Waals surface area contributed by atoms with Gasteiger partial charge in [-0.05, 0) is 43.0 Å². The highest BCUT2D eigenvalue weighted by Crippen LogP contribution is 2.15. The molecular weight excluding hydrogens is 214 g/mol. The summed E-state index contributed by atoms with van der Waals surface area (Å²) in [5.74, 6) is -0.0452. The van der Waals surface area contributed by atoms with Gasteiger partial charge in [-0.25, -0.2) is 0 Å². The first-order valence-electron chi connectivity index (χ1n) is 5.94. The van der Waals surface area contributed by atoms with Crippen LogP contribution in [0.2, 0.25) is 0 Å². The van der Waals surface area contributed by atoms with Gasteiger partial charge in [0.25, 0.3) is 0 Å². The molecule has 1 aromatic rings. The molecule has 3 nitrogen and oxygen atoms in total. The molecule has 0 aliphatic carbocycles. The average molecular weight is 235 g/mol. The molecule has 0 aromatic heterocycles. The van der Waals surface area contributed by atoms with Gasteiger partial charge in [-0.2, -0.15) is 0 Å². The molecule has 0 saturated carbocycles. The summed E-state index contributed by atoms with van der Waals surface area (Å²) in [6.07, 6.45) is -0.439. The summed E-state index contributed by atoms with van der Waals surface area (Å²) < 4.78 is 0. The largest absolute Gasteiger partial charge is 0.392 e. The minimum Gasteiger partial charge on any atom is -0.392 e. The number of benzene rings is 1. The van der Waals surface area contributed by atoms with Gasteiger partial charge in [0.2, 0.25) is 5.91 Å². The molecule has 0 aliphatic heterocycles. The zero-order valence-corrected chi connectivity index (χ0v) is 10.9. The van der Waals surface area contributed by atoms with E-state index in [2.05, 4.69) is 11.4 Å². The molecule has 1 atom stereocenters. The van der Waals surface area contributed by atoms with Gasteiger partial charge in [0.05, 0.1) is 12.5 Å². The third-order valence-corrected chi connectivity index (χ3v) is 2.67. The normalized spacial score (nSPS) is 12.6. The summed E-state index contributed by atoms with van der Waals surface area (Å²) >= 11 is 0. The SMILES string of the molecule is Cc1cc(C)cc(NC(=O)CC(O)C(C)C)c1. The van der Waals surface area contributed by atoms with E-state index in [1.807, 2.05) is 39.8 Å². The van der Waals surface area contributed by atoms with Crippen LogP contribution < -0.4 is 5.32 Å². The van der Waals surface area contributed by atoms with Crippen LogP contribution in [0.4, 0.5) is 5.69 Å². The quantitative estimate of drug-likeness (QED) is 0.843. The Bertz CT molecular complexity index is 379. The molecule has 0 aliphatic rings. The Morgan fingerprint density at radius 2 is 1.76 bits per heavy atom. The number of aliphatic hydroxyl groups excluding tert-OH is 1. The molecule has 94 valence electrons. The summed E-state index contributed by atoms with van der Waals surface area (Å²) in [7, 11) is 0. The number of anilines is 1. The Balaban J connectivity index is 2.62. The summed E-state index contributed by atoms with van der Waals surface area (Å²) in [6.45, 7) is 7.78. The highest BCUT2D eigenvalue weighted by molar-refractivity contribution is 5.91. The number of hydrogen-bond acceptors (Lipinski definition) is 2. The van der Waals surface area contributed by atoms with Crippen LogP contribution in [0.15, 0.2) is 18.2 Å². The Morgan fingerprint density at radius 3 is 2.24 bits per heavy atom. The van der Waals surface area contributed by atoms with Gasteiger partial charge in [0.15, 0.2) is 0 Å². The van der Waals surface area contributed by atoms with Crippen LogP contribution in [0.25, 0.3) is 0 Å². The minimum absolute atomic E-state index is 0.0972. The highest BCUT2D eigenvalue weighted by Gasteiger charge is 2.14. The van der Waals surface area contributed by atoms with E-state index >= 15 is 0 Å².